The molecule has 28 heavy (non-hydrogen) atoms. The molecule has 0 heterocycles. The van der Waals surface area contributed by atoms with Gasteiger partial charge in [-0.15, -0.1) is 13.2 Å². The number of alkyl halides is 4. The van der Waals surface area contributed by atoms with Crippen LogP contribution in [0.1, 0.15) is 80.6 Å². The minimum atomic E-state index is -4.89. The molecule has 7 heteroatoms. The summed E-state index contributed by atoms with van der Waals surface area (Å²) in [7, 11) is 0. The molecular formula is C21H38F4O3. The predicted molar refractivity (Wildman–Crippen MR) is 102 cm³/mol. The lowest BCUT2D eigenvalue weighted by molar-refractivity contribution is -0.346. The predicted octanol–water partition coefficient (Wildman–Crippen LogP) is 6.70. The van der Waals surface area contributed by atoms with Crippen LogP contribution in [0.25, 0.3) is 0 Å². The second-order valence-electron chi connectivity index (χ2n) is 8.67. The van der Waals surface area contributed by atoms with Crippen molar-refractivity contribution in [3.63, 3.8) is 0 Å². The first kappa shape index (κ1) is 27.1. The monoisotopic (exact) mass is 414 g/mol. The second kappa shape index (κ2) is 12.7. The number of ether oxygens (including phenoxy) is 2. The van der Waals surface area contributed by atoms with Crippen LogP contribution in [0.15, 0.2) is 0 Å². The summed E-state index contributed by atoms with van der Waals surface area (Å²) in [5.41, 5.74) is 0. The summed E-state index contributed by atoms with van der Waals surface area (Å²) >= 11 is 0. The lowest BCUT2D eigenvalue weighted by atomic mass is 9.85. The minimum absolute atomic E-state index is 0.330. The smallest absolute Gasteiger partial charge is 0.462 e. The van der Waals surface area contributed by atoms with Crippen LogP contribution >= 0.6 is 0 Å². The van der Waals surface area contributed by atoms with Crippen molar-refractivity contribution in [2.24, 2.45) is 23.7 Å². The van der Waals surface area contributed by atoms with E-state index in [0.717, 1.165) is 19.8 Å². The Labute approximate surface area is 167 Å². The first-order valence-corrected chi connectivity index (χ1v) is 10.3. The number of hydrogen-bond donors (Lipinski definition) is 0. The Morgan fingerprint density at radius 3 is 1.82 bits per heavy atom. The average molecular weight is 415 g/mol. The van der Waals surface area contributed by atoms with Crippen LogP contribution in [0.4, 0.5) is 17.6 Å². The fourth-order valence-corrected chi connectivity index (χ4v) is 2.95. The summed E-state index contributed by atoms with van der Waals surface area (Å²) in [4.78, 5) is 12.2. The molecule has 0 bridgehead atoms. The van der Waals surface area contributed by atoms with Crippen molar-refractivity contribution in [3.05, 3.63) is 0 Å². The van der Waals surface area contributed by atoms with E-state index >= 15 is 0 Å². The molecule has 3 nitrogen and oxygen atoms in total. The fraction of sp³-hybridized carbons (Fsp3) is 0.952. The molecular weight excluding hydrogens is 376 g/mol. The van der Waals surface area contributed by atoms with Crippen molar-refractivity contribution in [1.82, 2.24) is 0 Å². The van der Waals surface area contributed by atoms with Crippen LogP contribution in [0.3, 0.4) is 0 Å². The standard InChI is InChI=1S/C21H38F4O3/c1-13(2)8-9-14(3)15(4)10-11-16(5)20(26)27-17(6)12-19(22)18(7)28-21(23,24)25/h13-19H,8-12H2,1-7H3. The van der Waals surface area contributed by atoms with Gasteiger partial charge in [-0.25, -0.2) is 4.39 Å². The molecule has 0 aromatic heterocycles. The number of carbonyl (C=O) groups is 1. The van der Waals surface area contributed by atoms with Gasteiger partial charge in [0, 0.05) is 6.42 Å². The molecule has 0 fully saturated rings. The number of esters is 1. The van der Waals surface area contributed by atoms with Gasteiger partial charge >= 0.3 is 12.3 Å². The van der Waals surface area contributed by atoms with Crippen molar-refractivity contribution < 1.29 is 31.8 Å². The van der Waals surface area contributed by atoms with Gasteiger partial charge in [0.25, 0.3) is 0 Å². The van der Waals surface area contributed by atoms with Crippen LogP contribution in [-0.2, 0) is 14.3 Å². The average Bonchev–Trinajstić information content (AvgIpc) is 2.55. The molecule has 168 valence electrons. The zero-order chi connectivity index (χ0) is 22.1. The quantitative estimate of drug-likeness (QED) is 0.249. The van der Waals surface area contributed by atoms with E-state index in [1.54, 1.807) is 6.92 Å². The van der Waals surface area contributed by atoms with E-state index < -0.39 is 30.7 Å². The molecule has 0 saturated heterocycles. The maximum atomic E-state index is 13.9. The third-order valence-corrected chi connectivity index (χ3v) is 5.33. The Kier molecular flexibility index (Phi) is 12.3. The summed E-state index contributed by atoms with van der Waals surface area (Å²) < 4.78 is 59.2. The van der Waals surface area contributed by atoms with Crippen LogP contribution in [0.2, 0.25) is 0 Å². The first-order valence-electron chi connectivity index (χ1n) is 10.3. The molecule has 0 spiro atoms. The van der Waals surface area contributed by atoms with Crippen LogP contribution in [-0.4, -0.2) is 30.7 Å². The normalized spacial score (nSPS) is 19.0. The topological polar surface area (TPSA) is 35.5 Å². The van der Waals surface area contributed by atoms with Gasteiger partial charge in [-0.05, 0) is 44.4 Å². The zero-order valence-electron chi connectivity index (χ0n) is 18.3. The van der Waals surface area contributed by atoms with Gasteiger partial charge in [-0.2, -0.15) is 0 Å². The summed E-state index contributed by atoms with van der Waals surface area (Å²) in [5.74, 6) is 0.970. The maximum Gasteiger partial charge on any atom is 0.522 e. The van der Waals surface area contributed by atoms with Gasteiger partial charge in [0.2, 0.25) is 0 Å². The molecule has 0 aliphatic rings. The molecule has 0 aromatic carbocycles. The van der Waals surface area contributed by atoms with Crippen molar-refractivity contribution in [3.8, 4) is 0 Å². The fourth-order valence-electron chi connectivity index (χ4n) is 2.95. The highest BCUT2D eigenvalue weighted by molar-refractivity contribution is 5.72. The molecule has 0 saturated carbocycles. The van der Waals surface area contributed by atoms with E-state index in [-0.39, 0.29) is 12.3 Å². The van der Waals surface area contributed by atoms with E-state index in [1.807, 2.05) is 0 Å². The number of rotatable bonds is 13. The van der Waals surface area contributed by atoms with E-state index in [9.17, 15) is 22.4 Å². The van der Waals surface area contributed by atoms with Gasteiger partial charge in [-0.1, -0.05) is 47.5 Å². The van der Waals surface area contributed by atoms with Crippen LogP contribution in [0, 0.1) is 23.7 Å². The highest BCUT2D eigenvalue weighted by Gasteiger charge is 2.35. The van der Waals surface area contributed by atoms with E-state index in [4.69, 9.17) is 4.74 Å². The lowest BCUT2D eigenvalue weighted by Gasteiger charge is -2.24. The van der Waals surface area contributed by atoms with Crippen molar-refractivity contribution >= 4 is 5.97 Å². The van der Waals surface area contributed by atoms with Gasteiger partial charge in [0.15, 0.2) is 0 Å². The second-order valence-corrected chi connectivity index (χ2v) is 8.67. The molecule has 0 aliphatic carbocycles. The molecule has 6 unspecified atom stereocenters. The van der Waals surface area contributed by atoms with Gasteiger partial charge in [0.1, 0.15) is 12.3 Å². The Hall–Kier alpha value is -0.850. The summed E-state index contributed by atoms with van der Waals surface area (Å²) in [6, 6.07) is 0. The minimum Gasteiger partial charge on any atom is -0.462 e. The third kappa shape index (κ3) is 12.6. The maximum absolute atomic E-state index is 13.9. The molecule has 0 radical (unpaired) electrons. The van der Waals surface area contributed by atoms with Crippen molar-refractivity contribution in [1.29, 1.82) is 0 Å². The van der Waals surface area contributed by atoms with E-state index in [1.165, 1.54) is 13.3 Å². The highest BCUT2D eigenvalue weighted by Crippen LogP contribution is 2.26. The number of halogens is 4. The lowest BCUT2D eigenvalue weighted by Crippen LogP contribution is -2.33. The summed E-state index contributed by atoms with van der Waals surface area (Å²) in [6.07, 6.45) is -5.65. The Bertz CT molecular complexity index is 440. The number of carbonyl (C=O) groups excluding carboxylic acids is 1. The Morgan fingerprint density at radius 1 is 0.857 bits per heavy atom. The molecule has 6 atom stereocenters. The van der Waals surface area contributed by atoms with Crippen molar-refractivity contribution in [2.45, 2.75) is 105 Å². The summed E-state index contributed by atoms with van der Waals surface area (Å²) in [6.45, 7) is 13.1. The van der Waals surface area contributed by atoms with Crippen LogP contribution < -0.4 is 0 Å². The molecule has 0 aliphatic heterocycles. The van der Waals surface area contributed by atoms with E-state index in [0.29, 0.717) is 24.2 Å². The first-order chi connectivity index (χ1) is 12.7. The SMILES string of the molecule is CC(C)CCC(C)C(C)CCC(C)C(=O)OC(C)CC(F)C(C)OC(F)(F)F. The Balaban J connectivity index is 4.28. The van der Waals surface area contributed by atoms with E-state index in [2.05, 4.69) is 32.4 Å². The summed E-state index contributed by atoms with van der Waals surface area (Å²) in [5, 5.41) is 0. The van der Waals surface area contributed by atoms with Gasteiger partial charge in [-0.3, -0.25) is 9.53 Å². The third-order valence-electron chi connectivity index (χ3n) is 5.33. The molecule has 0 N–H and O–H groups in total. The molecule has 0 aromatic rings. The molecule has 0 rings (SSSR count). The van der Waals surface area contributed by atoms with Gasteiger partial charge < -0.3 is 4.74 Å². The highest BCUT2D eigenvalue weighted by atomic mass is 19.4. The van der Waals surface area contributed by atoms with Crippen LogP contribution in [0.5, 0.6) is 0 Å². The molecule has 0 amide bonds. The Morgan fingerprint density at radius 2 is 1.36 bits per heavy atom. The zero-order valence-corrected chi connectivity index (χ0v) is 18.3. The number of hydrogen-bond acceptors (Lipinski definition) is 3. The van der Waals surface area contributed by atoms with Crippen molar-refractivity contribution in [2.75, 3.05) is 0 Å². The largest absolute Gasteiger partial charge is 0.522 e. The van der Waals surface area contributed by atoms with Gasteiger partial charge in [0.05, 0.1) is 12.0 Å².